The van der Waals surface area contributed by atoms with Crippen molar-refractivity contribution in [3.63, 3.8) is 0 Å². The van der Waals surface area contributed by atoms with E-state index < -0.39 is 0 Å². The number of fused-ring (bicyclic) bond motifs is 1. The zero-order valence-electron chi connectivity index (χ0n) is 15.3. The quantitative estimate of drug-likeness (QED) is 0.390. The fourth-order valence-corrected chi connectivity index (χ4v) is 3.21. The molecular weight excluding hydrogens is 484 g/mol. The summed E-state index contributed by atoms with van der Waals surface area (Å²) in [6, 6.07) is 9.32. The van der Waals surface area contributed by atoms with E-state index in [4.69, 9.17) is 32.9 Å². The molecule has 0 fully saturated rings. The molecule has 0 aliphatic heterocycles. The van der Waals surface area contributed by atoms with E-state index in [0.29, 0.717) is 16.7 Å². The lowest BCUT2D eigenvalue weighted by Gasteiger charge is -2.23. The second kappa shape index (κ2) is 8.33. The number of halogens is 3. The van der Waals surface area contributed by atoms with E-state index in [1.807, 2.05) is 37.4 Å². The van der Waals surface area contributed by atoms with Crippen LogP contribution in [0.4, 0.5) is 0 Å². The lowest BCUT2D eigenvalue weighted by atomic mass is 10.2. The first-order chi connectivity index (χ1) is 11.7. The zero-order valence-corrected chi connectivity index (χ0v) is 18.9. The number of nitrogens with zero attached hydrogens (tertiary/aromatic N) is 3. The van der Waals surface area contributed by atoms with Crippen molar-refractivity contribution in [3.05, 3.63) is 63.5 Å². The van der Waals surface area contributed by atoms with E-state index in [0.717, 1.165) is 33.7 Å². The maximum atomic E-state index is 6.23. The summed E-state index contributed by atoms with van der Waals surface area (Å²) in [6.07, 6.45) is 2.03. The highest BCUT2D eigenvalue weighted by molar-refractivity contribution is 6.35. The Hall–Kier alpha value is -1.02. The number of hydrogen-bond donors (Lipinski definition) is 0. The molecule has 1 aromatic carbocycles. The first kappa shape index (κ1) is 21.3. The van der Waals surface area contributed by atoms with Crippen molar-refractivity contribution in [2.75, 3.05) is 21.1 Å². The Balaban J connectivity index is 0.00000243. The Kier molecular flexibility index (Phi) is 6.82. The van der Waals surface area contributed by atoms with Gasteiger partial charge in [-0.15, -0.1) is 0 Å². The second-order valence-corrected chi connectivity index (χ2v) is 8.03. The number of benzene rings is 1. The number of hydrogen-bond acceptors (Lipinski definition) is 2. The largest absolute Gasteiger partial charge is 1.00 e. The topological polar surface area (TPSA) is 26.5 Å². The van der Waals surface area contributed by atoms with Gasteiger partial charge >= 0.3 is 0 Å². The summed E-state index contributed by atoms with van der Waals surface area (Å²) in [4.78, 5) is 4.72. The Labute approximate surface area is 181 Å². The van der Waals surface area contributed by atoms with Crippen LogP contribution in [0, 0.1) is 6.92 Å². The maximum absolute atomic E-state index is 6.23. The van der Waals surface area contributed by atoms with E-state index >= 15 is 0 Å². The number of imidazole rings is 1. The third kappa shape index (κ3) is 4.82. The zero-order chi connectivity index (χ0) is 18.2. The Morgan fingerprint density at radius 3 is 2.54 bits per heavy atom. The van der Waals surface area contributed by atoms with Crippen molar-refractivity contribution in [1.82, 2.24) is 9.38 Å². The van der Waals surface area contributed by atoms with Crippen LogP contribution in [0.15, 0.2) is 36.5 Å². The van der Waals surface area contributed by atoms with E-state index in [2.05, 4.69) is 25.5 Å². The molecule has 26 heavy (non-hydrogen) atoms. The highest BCUT2D eigenvalue weighted by Gasteiger charge is 2.18. The van der Waals surface area contributed by atoms with Crippen LogP contribution in [0.3, 0.4) is 0 Å². The van der Waals surface area contributed by atoms with E-state index in [-0.39, 0.29) is 24.0 Å². The molecule has 2 heterocycles. The van der Waals surface area contributed by atoms with Crippen LogP contribution in [-0.2, 0) is 13.2 Å². The fraction of sp³-hybridized carbons (Fsp3) is 0.316. The first-order valence-corrected chi connectivity index (χ1v) is 8.84. The van der Waals surface area contributed by atoms with Crippen LogP contribution >= 0.6 is 23.2 Å². The van der Waals surface area contributed by atoms with Crippen LogP contribution in [0.2, 0.25) is 10.0 Å². The number of ether oxygens (including phenoxy) is 1. The number of quaternary nitrogens is 1. The molecular formula is C19H22Cl2IN3O. The van der Waals surface area contributed by atoms with Crippen LogP contribution in [0.5, 0.6) is 5.75 Å². The SMILES string of the molecule is Cc1nc2c(OCc3ccc(Cl)cc3Cl)cccn2c1C[N+](C)(C)C.[I-]. The Morgan fingerprint density at radius 1 is 1.15 bits per heavy atom. The number of rotatable bonds is 5. The van der Waals surface area contributed by atoms with Gasteiger partial charge in [0.15, 0.2) is 11.4 Å². The van der Waals surface area contributed by atoms with Crippen molar-refractivity contribution in [1.29, 1.82) is 0 Å². The van der Waals surface area contributed by atoms with Crippen LogP contribution in [0.25, 0.3) is 5.65 Å². The number of pyridine rings is 1. The minimum atomic E-state index is 0. The minimum absolute atomic E-state index is 0. The summed E-state index contributed by atoms with van der Waals surface area (Å²) in [6.45, 7) is 3.30. The molecule has 3 aromatic rings. The fourth-order valence-electron chi connectivity index (χ4n) is 2.75. The predicted molar refractivity (Wildman–Crippen MR) is 102 cm³/mol. The molecule has 0 saturated carbocycles. The van der Waals surface area contributed by atoms with Gasteiger partial charge in [0.1, 0.15) is 18.8 Å². The monoisotopic (exact) mass is 505 g/mol. The second-order valence-electron chi connectivity index (χ2n) is 7.18. The summed E-state index contributed by atoms with van der Waals surface area (Å²) < 4.78 is 8.95. The molecule has 7 heteroatoms. The minimum Gasteiger partial charge on any atom is -1.00 e. The van der Waals surface area contributed by atoms with Crippen molar-refractivity contribution in [3.8, 4) is 5.75 Å². The van der Waals surface area contributed by atoms with Crippen molar-refractivity contribution in [2.24, 2.45) is 0 Å². The normalized spacial score (nSPS) is 11.5. The van der Waals surface area contributed by atoms with Gasteiger partial charge in [0, 0.05) is 21.8 Å². The van der Waals surface area contributed by atoms with Gasteiger partial charge in [0.2, 0.25) is 0 Å². The highest BCUT2D eigenvalue weighted by atomic mass is 127. The van der Waals surface area contributed by atoms with Gasteiger partial charge in [0.05, 0.1) is 26.8 Å². The molecule has 0 bridgehead atoms. The van der Waals surface area contributed by atoms with Crippen LogP contribution in [0.1, 0.15) is 17.0 Å². The smallest absolute Gasteiger partial charge is 0.180 e. The average molecular weight is 506 g/mol. The molecule has 0 amide bonds. The lowest BCUT2D eigenvalue weighted by Crippen LogP contribution is -3.00. The van der Waals surface area contributed by atoms with Gasteiger partial charge in [-0.05, 0) is 31.2 Å². The summed E-state index contributed by atoms with van der Waals surface area (Å²) >= 11 is 12.2. The standard InChI is InChI=1S/C19H22Cl2N3O.HI/c1-13-17(11-24(2,3)4)23-9-5-6-18(19(23)22-13)25-12-14-7-8-15(20)10-16(14)21;/h5-10H,11-12H2,1-4H3;1H/q+1;/p-1. The Bertz CT molecular complexity index is 919. The predicted octanol–water partition coefficient (Wildman–Crippen LogP) is 1.74. The van der Waals surface area contributed by atoms with Gasteiger partial charge in [-0.1, -0.05) is 29.3 Å². The van der Waals surface area contributed by atoms with Gasteiger partial charge in [-0.2, -0.15) is 0 Å². The molecule has 0 radical (unpaired) electrons. The number of aromatic nitrogens is 2. The first-order valence-electron chi connectivity index (χ1n) is 8.08. The van der Waals surface area contributed by atoms with Crippen molar-refractivity contribution >= 4 is 28.8 Å². The number of aryl methyl sites for hydroxylation is 1. The molecule has 0 aliphatic carbocycles. The molecule has 3 rings (SSSR count). The van der Waals surface area contributed by atoms with Gasteiger partial charge < -0.3 is 33.2 Å². The van der Waals surface area contributed by atoms with Crippen LogP contribution in [-0.4, -0.2) is 35.0 Å². The van der Waals surface area contributed by atoms with Gasteiger partial charge in [-0.25, -0.2) is 4.98 Å². The molecule has 0 spiro atoms. The molecule has 0 atom stereocenters. The third-order valence-corrected chi connectivity index (χ3v) is 4.52. The van der Waals surface area contributed by atoms with E-state index in [1.165, 1.54) is 5.69 Å². The third-order valence-electron chi connectivity index (χ3n) is 3.94. The molecule has 0 N–H and O–H groups in total. The van der Waals surface area contributed by atoms with Crippen LogP contribution < -0.4 is 28.7 Å². The summed E-state index contributed by atoms with van der Waals surface area (Å²) in [5, 5.41) is 1.22. The molecule has 2 aromatic heterocycles. The molecule has 140 valence electrons. The Morgan fingerprint density at radius 2 is 1.88 bits per heavy atom. The molecule has 0 saturated heterocycles. The van der Waals surface area contributed by atoms with Gasteiger partial charge in [0.25, 0.3) is 0 Å². The van der Waals surface area contributed by atoms with E-state index in [1.54, 1.807) is 6.07 Å². The summed E-state index contributed by atoms with van der Waals surface area (Å²) in [5.74, 6) is 0.740. The summed E-state index contributed by atoms with van der Waals surface area (Å²) in [5.41, 5.74) is 3.93. The summed E-state index contributed by atoms with van der Waals surface area (Å²) in [7, 11) is 6.51. The van der Waals surface area contributed by atoms with Gasteiger partial charge in [-0.3, -0.25) is 4.40 Å². The molecule has 4 nitrogen and oxygen atoms in total. The van der Waals surface area contributed by atoms with E-state index in [9.17, 15) is 0 Å². The van der Waals surface area contributed by atoms with Crippen molar-refractivity contribution in [2.45, 2.75) is 20.1 Å². The average Bonchev–Trinajstić information content (AvgIpc) is 2.82. The lowest BCUT2D eigenvalue weighted by molar-refractivity contribution is -0.884. The molecule has 0 aliphatic rings. The maximum Gasteiger partial charge on any atom is 0.180 e. The molecule has 0 unspecified atom stereocenters. The highest BCUT2D eigenvalue weighted by Crippen LogP contribution is 2.26. The van der Waals surface area contributed by atoms with Crippen molar-refractivity contribution < 1.29 is 33.2 Å².